The van der Waals surface area contributed by atoms with Crippen molar-refractivity contribution in [2.24, 2.45) is 11.8 Å². The molecule has 0 amide bonds. The van der Waals surface area contributed by atoms with Crippen molar-refractivity contribution in [2.75, 3.05) is 13.2 Å². The second kappa shape index (κ2) is 1.81. The van der Waals surface area contributed by atoms with Crippen LogP contribution in [0, 0.1) is 11.8 Å². The number of fused-ring (bicyclic) bond motifs is 1. The third-order valence-electron chi connectivity index (χ3n) is 2.31. The van der Waals surface area contributed by atoms with Crippen LogP contribution >= 0.6 is 0 Å². The lowest BCUT2D eigenvalue weighted by Crippen LogP contribution is -2.01. The smallest absolute Gasteiger partial charge is 0.133 e. The zero-order chi connectivity index (χ0) is 6.27. The lowest BCUT2D eigenvalue weighted by molar-refractivity contribution is -0.118. The monoisotopic (exact) mass is 126 g/mol. The molecule has 1 saturated heterocycles. The van der Waals surface area contributed by atoms with E-state index >= 15 is 0 Å². The fourth-order valence-corrected chi connectivity index (χ4v) is 1.76. The summed E-state index contributed by atoms with van der Waals surface area (Å²) in [7, 11) is 0. The summed E-state index contributed by atoms with van der Waals surface area (Å²) in [5, 5.41) is 0. The van der Waals surface area contributed by atoms with Crippen LogP contribution in [0.5, 0.6) is 0 Å². The molecule has 1 aliphatic heterocycles. The van der Waals surface area contributed by atoms with Gasteiger partial charge in [-0.2, -0.15) is 0 Å². The van der Waals surface area contributed by atoms with Crippen LogP contribution in [-0.2, 0) is 9.53 Å². The minimum absolute atomic E-state index is 0.438. The molecule has 0 aromatic rings. The Hall–Kier alpha value is -0.370. The van der Waals surface area contributed by atoms with Crippen LogP contribution in [0.3, 0.4) is 0 Å². The number of carbonyl (C=O) groups excluding carboxylic acids is 1. The van der Waals surface area contributed by atoms with Crippen LogP contribution in [0.15, 0.2) is 0 Å². The molecule has 2 atom stereocenters. The van der Waals surface area contributed by atoms with Gasteiger partial charge >= 0.3 is 0 Å². The van der Waals surface area contributed by atoms with Crippen molar-refractivity contribution in [3.05, 3.63) is 0 Å². The Balaban J connectivity index is 2.09. The summed E-state index contributed by atoms with van der Waals surface area (Å²) in [6.45, 7) is 1.66. The summed E-state index contributed by atoms with van der Waals surface area (Å²) >= 11 is 0. The van der Waals surface area contributed by atoms with Crippen LogP contribution in [-0.4, -0.2) is 19.0 Å². The van der Waals surface area contributed by atoms with Gasteiger partial charge in [0.1, 0.15) is 5.78 Å². The van der Waals surface area contributed by atoms with Crippen LogP contribution in [0.25, 0.3) is 0 Å². The normalized spacial score (nSPS) is 41.6. The van der Waals surface area contributed by atoms with Crippen molar-refractivity contribution < 1.29 is 9.53 Å². The first-order chi connectivity index (χ1) is 4.36. The van der Waals surface area contributed by atoms with Crippen molar-refractivity contribution in [3.63, 3.8) is 0 Å². The SMILES string of the molecule is O=C1C[C@H]2COC[C@H]2C1. The molecular weight excluding hydrogens is 116 g/mol. The minimum atomic E-state index is 0.438. The molecule has 0 aromatic heterocycles. The van der Waals surface area contributed by atoms with Gasteiger partial charge in [-0.15, -0.1) is 0 Å². The molecule has 0 unspecified atom stereocenters. The molecule has 0 N–H and O–H groups in total. The van der Waals surface area contributed by atoms with E-state index in [4.69, 9.17) is 4.74 Å². The Bertz CT molecular complexity index is 128. The van der Waals surface area contributed by atoms with E-state index in [2.05, 4.69) is 0 Å². The first-order valence-electron chi connectivity index (χ1n) is 3.45. The van der Waals surface area contributed by atoms with Gasteiger partial charge in [-0.25, -0.2) is 0 Å². The van der Waals surface area contributed by atoms with E-state index in [1.165, 1.54) is 0 Å². The van der Waals surface area contributed by atoms with Crippen LogP contribution in [0.2, 0.25) is 0 Å². The summed E-state index contributed by atoms with van der Waals surface area (Å²) in [6.07, 6.45) is 1.56. The van der Waals surface area contributed by atoms with Crippen molar-refractivity contribution in [1.29, 1.82) is 0 Å². The number of hydrogen-bond donors (Lipinski definition) is 0. The second-order valence-electron chi connectivity index (χ2n) is 3.00. The number of hydrogen-bond acceptors (Lipinski definition) is 2. The van der Waals surface area contributed by atoms with Crippen molar-refractivity contribution >= 4 is 5.78 Å². The zero-order valence-electron chi connectivity index (χ0n) is 5.30. The molecule has 1 heterocycles. The molecule has 9 heavy (non-hydrogen) atoms. The summed E-state index contributed by atoms with van der Waals surface area (Å²) in [5.41, 5.74) is 0. The number of Topliss-reactive ketones (excluding diaryl/α,β-unsaturated/α-hetero) is 1. The highest BCUT2D eigenvalue weighted by Crippen LogP contribution is 2.33. The maximum Gasteiger partial charge on any atom is 0.133 e. The second-order valence-corrected chi connectivity index (χ2v) is 3.00. The molecule has 2 fully saturated rings. The van der Waals surface area contributed by atoms with Crippen LogP contribution < -0.4 is 0 Å². The van der Waals surface area contributed by atoms with Gasteiger partial charge in [-0.05, 0) is 11.8 Å². The first-order valence-corrected chi connectivity index (χ1v) is 3.45. The van der Waals surface area contributed by atoms with Crippen molar-refractivity contribution in [1.82, 2.24) is 0 Å². The first kappa shape index (κ1) is 5.42. The largest absolute Gasteiger partial charge is 0.381 e. The number of carbonyl (C=O) groups is 1. The van der Waals surface area contributed by atoms with Crippen molar-refractivity contribution in [3.8, 4) is 0 Å². The van der Waals surface area contributed by atoms with Gasteiger partial charge in [0.2, 0.25) is 0 Å². The Morgan fingerprint density at radius 3 is 2.33 bits per heavy atom. The van der Waals surface area contributed by atoms with E-state index in [-0.39, 0.29) is 0 Å². The highest BCUT2D eigenvalue weighted by atomic mass is 16.5. The molecule has 50 valence electrons. The molecule has 1 aliphatic carbocycles. The summed E-state index contributed by atoms with van der Waals surface area (Å²) in [5.74, 6) is 1.60. The number of rotatable bonds is 0. The summed E-state index contributed by atoms with van der Waals surface area (Å²) < 4.78 is 5.21. The van der Waals surface area contributed by atoms with E-state index < -0.39 is 0 Å². The summed E-state index contributed by atoms with van der Waals surface area (Å²) in [4.78, 5) is 10.8. The number of ketones is 1. The third kappa shape index (κ3) is 0.778. The minimum Gasteiger partial charge on any atom is -0.381 e. The van der Waals surface area contributed by atoms with E-state index in [0.29, 0.717) is 17.6 Å². The molecular formula is C7H10O2. The average Bonchev–Trinajstić information content (AvgIpc) is 2.22. The summed E-state index contributed by atoms with van der Waals surface area (Å²) in [6, 6.07) is 0. The molecule has 0 spiro atoms. The topological polar surface area (TPSA) is 26.3 Å². The molecule has 2 aliphatic rings. The Morgan fingerprint density at radius 2 is 1.78 bits per heavy atom. The zero-order valence-corrected chi connectivity index (χ0v) is 5.30. The maximum atomic E-state index is 10.8. The fraction of sp³-hybridized carbons (Fsp3) is 0.857. The molecule has 0 radical (unpaired) electrons. The van der Waals surface area contributed by atoms with Gasteiger partial charge < -0.3 is 4.74 Å². The lowest BCUT2D eigenvalue weighted by atomic mass is 10.0. The van der Waals surface area contributed by atoms with E-state index in [1.807, 2.05) is 0 Å². The quantitative estimate of drug-likeness (QED) is 0.475. The molecule has 1 saturated carbocycles. The van der Waals surface area contributed by atoms with Crippen LogP contribution in [0.1, 0.15) is 12.8 Å². The van der Waals surface area contributed by atoms with Gasteiger partial charge in [-0.1, -0.05) is 0 Å². The third-order valence-corrected chi connectivity index (χ3v) is 2.31. The van der Waals surface area contributed by atoms with Crippen molar-refractivity contribution in [2.45, 2.75) is 12.8 Å². The van der Waals surface area contributed by atoms with Gasteiger partial charge in [0.15, 0.2) is 0 Å². The highest BCUT2D eigenvalue weighted by molar-refractivity contribution is 5.81. The molecule has 2 heteroatoms. The standard InChI is InChI=1S/C7H10O2/c8-7-1-5-3-9-4-6(5)2-7/h5-6H,1-4H2/t5-,6+. The Morgan fingerprint density at radius 1 is 1.22 bits per heavy atom. The van der Waals surface area contributed by atoms with Gasteiger partial charge in [0, 0.05) is 12.8 Å². The van der Waals surface area contributed by atoms with E-state index in [1.54, 1.807) is 0 Å². The highest BCUT2D eigenvalue weighted by Gasteiger charge is 2.36. The predicted molar refractivity (Wildman–Crippen MR) is 32.0 cm³/mol. The predicted octanol–water partition coefficient (Wildman–Crippen LogP) is 0.612. The molecule has 2 nitrogen and oxygen atoms in total. The lowest BCUT2D eigenvalue weighted by Gasteiger charge is -1.99. The van der Waals surface area contributed by atoms with Crippen LogP contribution in [0.4, 0.5) is 0 Å². The maximum absolute atomic E-state index is 10.8. The van der Waals surface area contributed by atoms with E-state index in [9.17, 15) is 4.79 Å². The Kier molecular flexibility index (Phi) is 1.09. The molecule has 0 bridgehead atoms. The molecule has 2 rings (SSSR count). The molecule has 0 aromatic carbocycles. The van der Waals surface area contributed by atoms with Gasteiger partial charge in [0.05, 0.1) is 13.2 Å². The Labute approximate surface area is 54.2 Å². The van der Waals surface area contributed by atoms with Gasteiger partial charge in [0.25, 0.3) is 0 Å². The average molecular weight is 126 g/mol. The number of ether oxygens (including phenoxy) is 1. The van der Waals surface area contributed by atoms with Gasteiger partial charge in [-0.3, -0.25) is 4.79 Å². The van der Waals surface area contributed by atoms with E-state index in [0.717, 1.165) is 26.1 Å². The fourth-order valence-electron chi connectivity index (χ4n) is 1.76.